The number of nitrogens with one attached hydrogen (secondary N) is 1. The van der Waals surface area contributed by atoms with Gasteiger partial charge in [-0.2, -0.15) is 4.98 Å². The van der Waals surface area contributed by atoms with Gasteiger partial charge in [0.05, 0.1) is 0 Å². The molecule has 3 heterocycles. The van der Waals surface area contributed by atoms with E-state index in [1.807, 2.05) is 18.2 Å². The number of ether oxygens (including phenoxy) is 2. The molecule has 8 heteroatoms. The van der Waals surface area contributed by atoms with Crippen molar-refractivity contribution in [2.24, 2.45) is 0 Å². The lowest BCUT2D eigenvalue weighted by Gasteiger charge is -2.05. The summed E-state index contributed by atoms with van der Waals surface area (Å²) in [7, 11) is 0. The van der Waals surface area contributed by atoms with E-state index >= 15 is 0 Å². The number of aryl methyl sites for hydroxylation is 1. The lowest BCUT2D eigenvalue weighted by atomic mass is 10.2. The molecule has 0 saturated heterocycles. The first-order valence-electron chi connectivity index (χ1n) is 8.16. The molecule has 1 N–H and O–H groups in total. The van der Waals surface area contributed by atoms with E-state index < -0.39 is 0 Å². The van der Waals surface area contributed by atoms with Crippen LogP contribution in [0, 0.1) is 0 Å². The predicted molar refractivity (Wildman–Crippen MR) is 90.3 cm³/mol. The van der Waals surface area contributed by atoms with Gasteiger partial charge in [-0.3, -0.25) is 9.78 Å². The van der Waals surface area contributed by atoms with Crippen molar-refractivity contribution < 1.29 is 18.8 Å². The average molecular weight is 352 g/mol. The van der Waals surface area contributed by atoms with Crippen molar-refractivity contribution in [3.63, 3.8) is 0 Å². The molecule has 0 saturated carbocycles. The molecular formula is C18H16N4O4. The summed E-state index contributed by atoms with van der Waals surface area (Å²) in [5.74, 6) is 2.25. The Morgan fingerprint density at radius 2 is 1.96 bits per heavy atom. The molecule has 0 radical (unpaired) electrons. The maximum Gasteiger partial charge on any atom is 0.231 e. The monoisotopic (exact) mass is 352 g/mol. The second kappa shape index (κ2) is 7.22. The van der Waals surface area contributed by atoms with Crippen LogP contribution in [0.3, 0.4) is 0 Å². The van der Waals surface area contributed by atoms with Crippen LogP contribution < -0.4 is 14.8 Å². The number of pyridine rings is 1. The first-order chi connectivity index (χ1) is 12.8. The minimum atomic E-state index is -0.0914. The Labute approximate surface area is 149 Å². The zero-order chi connectivity index (χ0) is 17.8. The molecule has 26 heavy (non-hydrogen) atoms. The number of fused-ring (bicyclic) bond motifs is 1. The number of amides is 1. The molecular weight excluding hydrogens is 336 g/mol. The van der Waals surface area contributed by atoms with Crippen molar-refractivity contribution in [1.29, 1.82) is 0 Å². The third-order valence-electron chi connectivity index (χ3n) is 3.90. The minimum absolute atomic E-state index is 0.0914. The van der Waals surface area contributed by atoms with E-state index in [4.69, 9.17) is 14.0 Å². The van der Waals surface area contributed by atoms with E-state index in [2.05, 4.69) is 20.4 Å². The van der Waals surface area contributed by atoms with Crippen molar-refractivity contribution in [1.82, 2.24) is 20.4 Å². The highest BCUT2D eigenvalue weighted by Gasteiger charge is 2.14. The molecule has 4 rings (SSSR count). The fraction of sp³-hybridized carbons (Fsp3) is 0.222. The molecule has 8 nitrogen and oxygen atoms in total. The van der Waals surface area contributed by atoms with E-state index in [0.717, 1.165) is 16.9 Å². The number of aromatic nitrogens is 3. The number of hydrogen-bond donors (Lipinski definition) is 1. The Morgan fingerprint density at radius 3 is 2.85 bits per heavy atom. The smallest absolute Gasteiger partial charge is 0.231 e. The van der Waals surface area contributed by atoms with Crippen LogP contribution in [-0.4, -0.2) is 27.8 Å². The molecule has 0 bridgehead atoms. The van der Waals surface area contributed by atoms with Gasteiger partial charge in [-0.1, -0.05) is 11.2 Å². The van der Waals surface area contributed by atoms with Crippen molar-refractivity contribution in [2.45, 2.75) is 19.4 Å². The summed E-state index contributed by atoms with van der Waals surface area (Å²) in [5.41, 5.74) is 1.77. The van der Waals surface area contributed by atoms with Gasteiger partial charge in [0, 0.05) is 37.3 Å². The Morgan fingerprint density at radius 1 is 1.12 bits per heavy atom. The van der Waals surface area contributed by atoms with Gasteiger partial charge in [0.1, 0.15) is 0 Å². The van der Waals surface area contributed by atoms with Crippen LogP contribution in [0.25, 0.3) is 11.4 Å². The van der Waals surface area contributed by atoms with Crippen LogP contribution in [0.4, 0.5) is 0 Å². The van der Waals surface area contributed by atoms with Crippen LogP contribution in [0.2, 0.25) is 0 Å². The third kappa shape index (κ3) is 3.64. The van der Waals surface area contributed by atoms with Crippen LogP contribution in [-0.2, 0) is 17.8 Å². The molecule has 1 aromatic carbocycles. The van der Waals surface area contributed by atoms with Gasteiger partial charge in [0.2, 0.25) is 24.4 Å². The minimum Gasteiger partial charge on any atom is -0.454 e. The largest absolute Gasteiger partial charge is 0.454 e. The van der Waals surface area contributed by atoms with Crippen molar-refractivity contribution in [2.75, 3.05) is 6.79 Å². The van der Waals surface area contributed by atoms with Crippen molar-refractivity contribution >= 4 is 5.91 Å². The molecule has 1 amide bonds. The highest BCUT2D eigenvalue weighted by Crippen LogP contribution is 2.32. The fourth-order valence-electron chi connectivity index (χ4n) is 2.54. The SMILES string of the molecule is O=C(CCc1nc(-c2ccncc2)no1)NCc1ccc2c(c1)OCO2. The second-order valence-corrected chi connectivity index (χ2v) is 5.71. The fourth-order valence-corrected chi connectivity index (χ4v) is 2.54. The van der Waals surface area contributed by atoms with E-state index in [1.54, 1.807) is 24.5 Å². The van der Waals surface area contributed by atoms with Crippen molar-refractivity contribution in [3.05, 3.63) is 54.2 Å². The standard InChI is InChI=1S/C18H16N4O4/c23-16(20-10-12-1-2-14-15(9-12)25-11-24-14)3-4-17-21-18(22-26-17)13-5-7-19-8-6-13/h1-2,5-9H,3-4,10-11H2,(H,20,23). The normalized spacial score (nSPS) is 12.2. The molecule has 1 aliphatic heterocycles. The van der Waals surface area contributed by atoms with Gasteiger partial charge in [0.15, 0.2) is 11.5 Å². The van der Waals surface area contributed by atoms with Gasteiger partial charge < -0.3 is 19.3 Å². The maximum atomic E-state index is 12.0. The Bertz CT molecular complexity index is 911. The Balaban J connectivity index is 1.27. The summed E-state index contributed by atoms with van der Waals surface area (Å²) in [4.78, 5) is 20.3. The van der Waals surface area contributed by atoms with E-state index in [1.165, 1.54) is 0 Å². The van der Waals surface area contributed by atoms with E-state index in [9.17, 15) is 4.79 Å². The van der Waals surface area contributed by atoms with E-state index in [0.29, 0.717) is 30.4 Å². The van der Waals surface area contributed by atoms with Crippen LogP contribution in [0.5, 0.6) is 11.5 Å². The first kappa shape index (κ1) is 16.1. The second-order valence-electron chi connectivity index (χ2n) is 5.71. The van der Waals surface area contributed by atoms with Crippen LogP contribution in [0.1, 0.15) is 17.9 Å². The van der Waals surface area contributed by atoms with Gasteiger partial charge in [0.25, 0.3) is 0 Å². The zero-order valence-corrected chi connectivity index (χ0v) is 13.8. The lowest BCUT2D eigenvalue weighted by molar-refractivity contribution is -0.121. The number of hydrogen-bond acceptors (Lipinski definition) is 7. The number of carbonyl (C=O) groups is 1. The molecule has 3 aromatic rings. The molecule has 2 aromatic heterocycles. The molecule has 0 fully saturated rings. The summed E-state index contributed by atoms with van der Waals surface area (Å²) < 4.78 is 15.8. The predicted octanol–water partition coefficient (Wildman–Crippen LogP) is 2.11. The summed E-state index contributed by atoms with van der Waals surface area (Å²) in [6, 6.07) is 9.19. The molecule has 132 valence electrons. The molecule has 0 spiro atoms. The van der Waals surface area contributed by atoms with Gasteiger partial charge in [-0.05, 0) is 29.8 Å². The maximum absolute atomic E-state index is 12.0. The zero-order valence-electron chi connectivity index (χ0n) is 13.8. The molecule has 1 aliphatic rings. The third-order valence-corrected chi connectivity index (χ3v) is 3.90. The summed E-state index contributed by atoms with van der Waals surface area (Å²) >= 11 is 0. The molecule has 0 atom stereocenters. The van der Waals surface area contributed by atoms with Crippen LogP contribution >= 0.6 is 0 Å². The Kier molecular flexibility index (Phi) is 4.46. The Hall–Kier alpha value is -3.42. The summed E-state index contributed by atoms with van der Waals surface area (Å²) in [6.07, 6.45) is 3.97. The number of nitrogens with zero attached hydrogens (tertiary/aromatic N) is 3. The number of benzene rings is 1. The average Bonchev–Trinajstić information content (AvgIpc) is 3.34. The van der Waals surface area contributed by atoms with E-state index in [-0.39, 0.29) is 19.1 Å². The number of rotatable bonds is 6. The van der Waals surface area contributed by atoms with Gasteiger partial charge in [-0.25, -0.2) is 0 Å². The highest BCUT2D eigenvalue weighted by molar-refractivity contribution is 5.76. The van der Waals surface area contributed by atoms with Crippen LogP contribution in [0.15, 0.2) is 47.2 Å². The summed E-state index contributed by atoms with van der Waals surface area (Å²) in [5, 5.41) is 6.79. The summed E-state index contributed by atoms with van der Waals surface area (Å²) in [6.45, 7) is 0.651. The lowest BCUT2D eigenvalue weighted by Crippen LogP contribution is -2.23. The number of carbonyl (C=O) groups excluding carboxylic acids is 1. The van der Waals surface area contributed by atoms with Gasteiger partial charge >= 0.3 is 0 Å². The topological polar surface area (TPSA) is 99.4 Å². The van der Waals surface area contributed by atoms with Crippen molar-refractivity contribution in [3.8, 4) is 22.9 Å². The quantitative estimate of drug-likeness (QED) is 0.725. The van der Waals surface area contributed by atoms with Gasteiger partial charge in [-0.15, -0.1) is 0 Å². The molecule has 0 unspecified atom stereocenters. The highest BCUT2D eigenvalue weighted by atomic mass is 16.7. The first-order valence-corrected chi connectivity index (χ1v) is 8.16. The molecule has 0 aliphatic carbocycles.